The van der Waals surface area contributed by atoms with E-state index in [1.165, 1.54) is 0 Å². The van der Waals surface area contributed by atoms with Crippen LogP contribution in [-0.4, -0.2) is 12.9 Å². The second-order valence-corrected chi connectivity index (χ2v) is 3.93. The number of hydrogen-bond donors (Lipinski definition) is 0. The van der Waals surface area contributed by atoms with Crippen LogP contribution >= 0.6 is 0 Å². The van der Waals surface area contributed by atoms with Gasteiger partial charge in [0.1, 0.15) is 5.76 Å². The molecule has 2 aliphatic carbocycles. The number of carbonyl (C=O) groups excluding carboxylic acids is 1. The Hall–Kier alpha value is -0.790. The van der Waals surface area contributed by atoms with Crippen LogP contribution in [0.3, 0.4) is 0 Å². The Kier molecular flexibility index (Phi) is 1.05. The zero-order valence-corrected chi connectivity index (χ0v) is 7.05. The molecule has 0 amide bonds. The molecule has 0 saturated heterocycles. The second kappa shape index (κ2) is 1.68. The standard InChI is InChI=1S/C9H12O2/c1-9(2)7-5(10)4-6(11-3)8(7)9/h4,7-8H,1-3H3/t7-,8+/m1/s1. The van der Waals surface area contributed by atoms with Crippen molar-refractivity contribution < 1.29 is 9.53 Å². The lowest BCUT2D eigenvalue weighted by Crippen LogP contribution is -2.04. The molecule has 2 aliphatic rings. The van der Waals surface area contributed by atoms with Gasteiger partial charge in [0.15, 0.2) is 5.78 Å². The smallest absolute Gasteiger partial charge is 0.163 e. The maximum absolute atomic E-state index is 11.2. The molecule has 0 aromatic carbocycles. The molecule has 0 spiro atoms. The number of allylic oxidation sites excluding steroid dienone is 2. The number of methoxy groups -OCH3 is 1. The Bertz CT molecular complexity index is 250. The normalized spacial score (nSPS) is 38.1. The van der Waals surface area contributed by atoms with Crippen LogP contribution in [0, 0.1) is 17.3 Å². The van der Waals surface area contributed by atoms with Crippen LogP contribution in [0.5, 0.6) is 0 Å². The summed E-state index contributed by atoms with van der Waals surface area (Å²) in [7, 11) is 1.63. The molecular formula is C9H12O2. The van der Waals surface area contributed by atoms with Gasteiger partial charge in [-0.25, -0.2) is 0 Å². The molecule has 0 radical (unpaired) electrons. The third-order valence-corrected chi connectivity index (χ3v) is 2.96. The first-order valence-corrected chi connectivity index (χ1v) is 3.88. The van der Waals surface area contributed by atoms with E-state index in [1.54, 1.807) is 13.2 Å². The second-order valence-electron chi connectivity index (χ2n) is 3.93. The summed E-state index contributed by atoms with van der Waals surface area (Å²) in [5, 5.41) is 0. The minimum atomic E-state index is 0.164. The lowest BCUT2D eigenvalue weighted by atomic mass is 10.0. The van der Waals surface area contributed by atoms with Crippen LogP contribution in [0.25, 0.3) is 0 Å². The van der Waals surface area contributed by atoms with E-state index < -0.39 is 0 Å². The molecule has 0 N–H and O–H groups in total. The van der Waals surface area contributed by atoms with E-state index >= 15 is 0 Å². The summed E-state index contributed by atoms with van der Waals surface area (Å²) in [5.74, 6) is 1.72. The van der Waals surface area contributed by atoms with Crippen molar-refractivity contribution in [1.82, 2.24) is 0 Å². The van der Waals surface area contributed by atoms with Crippen LogP contribution in [0.4, 0.5) is 0 Å². The van der Waals surface area contributed by atoms with Crippen molar-refractivity contribution in [1.29, 1.82) is 0 Å². The fourth-order valence-corrected chi connectivity index (χ4v) is 2.21. The van der Waals surface area contributed by atoms with E-state index in [4.69, 9.17) is 4.74 Å². The van der Waals surface area contributed by atoms with Crippen molar-refractivity contribution in [2.45, 2.75) is 13.8 Å². The van der Waals surface area contributed by atoms with Gasteiger partial charge in [-0.15, -0.1) is 0 Å². The van der Waals surface area contributed by atoms with Gasteiger partial charge in [-0.1, -0.05) is 13.8 Å². The van der Waals surface area contributed by atoms with E-state index in [2.05, 4.69) is 13.8 Å². The first-order chi connectivity index (χ1) is 5.09. The van der Waals surface area contributed by atoms with Gasteiger partial charge >= 0.3 is 0 Å². The molecule has 60 valence electrons. The van der Waals surface area contributed by atoms with Crippen molar-refractivity contribution in [3.63, 3.8) is 0 Å². The molecule has 1 saturated carbocycles. The van der Waals surface area contributed by atoms with E-state index in [1.807, 2.05) is 0 Å². The molecule has 0 aromatic rings. The highest BCUT2D eigenvalue weighted by atomic mass is 16.5. The maximum atomic E-state index is 11.2. The lowest BCUT2D eigenvalue weighted by molar-refractivity contribution is -0.116. The maximum Gasteiger partial charge on any atom is 0.163 e. The summed E-state index contributed by atoms with van der Waals surface area (Å²) in [5.41, 5.74) is 0.164. The van der Waals surface area contributed by atoms with Crippen LogP contribution in [0.2, 0.25) is 0 Å². The van der Waals surface area contributed by atoms with E-state index in [9.17, 15) is 4.79 Å². The van der Waals surface area contributed by atoms with Gasteiger partial charge in [0.05, 0.1) is 7.11 Å². The minimum absolute atomic E-state index is 0.164. The Morgan fingerprint density at radius 2 is 2.09 bits per heavy atom. The Balaban J connectivity index is 2.30. The predicted molar refractivity (Wildman–Crippen MR) is 40.9 cm³/mol. The summed E-state index contributed by atoms with van der Waals surface area (Å²) < 4.78 is 5.11. The summed E-state index contributed by atoms with van der Waals surface area (Å²) >= 11 is 0. The van der Waals surface area contributed by atoms with Crippen molar-refractivity contribution in [2.24, 2.45) is 17.3 Å². The summed E-state index contributed by atoms with van der Waals surface area (Å²) in [6, 6.07) is 0. The molecule has 2 rings (SSSR count). The minimum Gasteiger partial charge on any atom is -0.501 e. The van der Waals surface area contributed by atoms with Gasteiger partial charge in [-0.3, -0.25) is 4.79 Å². The van der Waals surface area contributed by atoms with Gasteiger partial charge < -0.3 is 4.74 Å². The predicted octanol–water partition coefficient (Wildman–Crippen LogP) is 1.37. The van der Waals surface area contributed by atoms with E-state index in [-0.39, 0.29) is 17.1 Å². The van der Waals surface area contributed by atoms with Crippen molar-refractivity contribution in [2.75, 3.05) is 7.11 Å². The first kappa shape index (κ1) is 6.89. The van der Waals surface area contributed by atoms with Crippen molar-refractivity contribution in [3.8, 4) is 0 Å². The van der Waals surface area contributed by atoms with Crippen molar-refractivity contribution in [3.05, 3.63) is 11.8 Å². The molecule has 2 atom stereocenters. The molecule has 2 nitrogen and oxygen atoms in total. The molecular weight excluding hydrogens is 140 g/mol. The van der Waals surface area contributed by atoms with Gasteiger partial charge in [-0.2, -0.15) is 0 Å². The molecule has 2 heteroatoms. The molecule has 0 aliphatic heterocycles. The Morgan fingerprint density at radius 1 is 1.45 bits per heavy atom. The largest absolute Gasteiger partial charge is 0.501 e. The first-order valence-electron chi connectivity index (χ1n) is 3.88. The number of hydrogen-bond acceptors (Lipinski definition) is 2. The topological polar surface area (TPSA) is 26.3 Å². The van der Waals surface area contributed by atoms with Crippen LogP contribution in [0.15, 0.2) is 11.8 Å². The highest BCUT2D eigenvalue weighted by Crippen LogP contribution is 2.65. The Morgan fingerprint density at radius 3 is 2.36 bits per heavy atom. The summed E-state index contributed by atoms with van der Waals surface area (Å²) in [4.78, 5) is 11.2. The highest BCUT2D eigenvalue weighted by molar-refractivity contribution is 5.99. The average Bonchev–Trinajstić information content (AvgIpc) is 2.37. The lowest BCUT2D eigenvalue weighted by Gasteiger charge is -2.06. The Labute approximate surface area is 66.2 Å². The fraction of sp³-hybridized carbons (Fsp3) is 0.667. The fourth-order valence-electron chi connectivity index (χ4n) is 2.21. The third kappa shape index (κ3) is 0.647. The van der Waals surface area contributed by atoms with Crippen molar-refractivity contribution >= 4 is 5.78 Å². The van der Waals surface area contributed by atoms with Gasteiger partial charge in [-0.05, 0) is 5.41 Å². The van der Waals surface area contributed by atoms with Gasteiger partial charge in [0.25, 0.3) is 0 Å². The summed E-state index contributed by atoms with van der Waals surface area (Å²) in [6.07, 6.45) is 1.64. The van der Waals surface area contributed by atoms with Crippen LogP contribution in [0.1, 0.15) is 13.8 Å². The number of ether oxygens (including phenoxy) is 1. The monoisotopic (exact) mass is 152 g/mol. The summed E-state index contributed by atoms with van der Waals surface area (Å²) in [6.45, 7) is 4.23. The zero-order chi connectivity index (χ0) is 8.22. The third-order valence-electron chi connectivity index (χ3n) is 2.96. The van der Waals surface area contributed by atoms with Gasteiger partial charge in [0.2, 0.25) is 0 Å². The SMILES string of the molecule is COC1=CC(=O)[C@@H]2[C@H]1C2(C)C. The number of ketones is 1. The average molecular weight is 152 g/mol. The quantitative estimate of drug-likeness (QED) is 0.567. The molecule has 0 bridgehead atoms. The molecule has 11 heavy (non-hydrogen) atoms. The molecule has 0 unspecified atom stereocenters. The number of rotatable bonds is 1. The highest BCUT2D eigenvalue weighted by Gasteiger charge is 2.66. The number of carbonyl (C=O) groups is 1. The van der Waals surface area contributed by atoms with Crippen LogP contribution < -0.4 is 0 Å². The zero-order valence-electron chi connectivity index (χ0n) is 7.05. The van der Waals surface area contributed by atoms with E-state index in [0.29, 0.717) is 5.92 Å². The molecule has 0 heterocycles. The van der Waals surface area contributed by atoms with Crippen LogP contribution in [-0.2, 0) is 9.53 Å². The van der Waals surface area contributed by atoms with E-state index in [0.717, 1.165) is 5.76 Å². The molecule has 1 fully saturated rings. The number of fused-ring (bicyclic) bond motifs is 1. The molecule has 0 aromatic heterocycles. The van der Waals surface area contributed by atoms with Gasteiger partial charge in [0, 0.05) is 17.9 Å².